The summed E-state index contributed by atoms with van der Waals surface area (Å²) in [7, 11) is 0. The average molecular weight is 323 g/mol. The van der Waals surface area contributed by atoms with Crippen molar-refractivity contribution < 1.29 is 9.59 Å². The summed E-state index contributed by atoms with van der Waals surface area (Å²) < 4.78 is 0. The molecule has 5 heteroatoms. The lowest BCUT2D eigenvalue weighted by atomic mass is 10.2. The fourth-order valence-electron chi connectivity index (χ4n) is 2.65. The van der Waals surface area contributed by atoms with Crippen LogP contribution in [0.4, 0.5) is 11.4 Å². The largest absolute Gasteiger partial charge is 0.312 e. The lowest BCUT2D eigenvalue weighted by molar-refractivity contribution is -0.117. The number of benzene rings is 1. The minimum absolute atomic E-state index is 0.145. The molecule has 1 unspecified atom stereocenters. The standard InChI is InChI=1S/C14H15BrN2O2/c15-10-8-14(19)17(9-10)12-5-3-11(4-6-12)16-7-1-2-13(16)18/h3-6,10H,1-2,7-9H2. The van der Waals surface area contributed by atoms with Crippen molar-refractivity contribution in [2.45, 2.75) is 24.1 Å². The fourth-order valence-corrected chi connectivity index (χ4v) is 3.21. The first kappa shape index (κ1) is 12.7. The fraction of sp³-hybridized carbons (Fsp3) is 0.429. The molecular formula is C14H15BrN2O2. The van der Waals surface area contributed by atoms with Crippen molar-refractivity contribution in [2.75, 3.05) is 22.9 Å². The summed E-state index contributed by atoms with van der Waals surface area (Å²) in [5.74, 6) is 0.331. The van der Waals surface area contributed by atoms with Crippen molar-refractivity contribution in [3.63, 3.8) is 0 Å². The van der Waals surface area contributed by atoms with Gasteiger partial charge in [-0.15, -0.1) is 0 Å². The second-order valence-electron chi connectivity index (χ2n) is 4.97. The van der Waals surface area contributed by atoms with E-state index in [9.17, 15) is 9.59 Å². The van der Waals surface area contributed by atoms with Crippen LogP contribution in [0.1, 0.15) is 19.3 Å². The van der Waals surface area contributed by atoms with Gasteiger partial charge < -0.3 is 9.80 Å². The molecule has 2 aliphatic rings. The molecule has 0 spiro atoms. The summed E-state index contributed by atoms with van der Waals surface area (Å²) in [6, 6.07) is 7.69. The van der Waals surface area contributed by atoms with Crippen LogP contribution in [0.2, 0.25) is 0 Å². The Kier molecular flexibility index (Phi) is 3.31. The van der Waals surface area contributed by atoms with Crippen molar-refractivity contribution in [1.82, 2.24) is 0 Å². The third-order valence-electron chi connectivity index (χ3n) is 3.62. The third-order valence-corrected chi connectivity index (χ3v) is 4.24. The molecule has 0 aromatic heterocycles. The number of hydrogen-bond acceptors (Lipinski definition) is 2. The van der Waals surface area contributed by atoms with Crippen molar-refractivity contribution in [1.29, 1.82) is 0 Å². The highest BCUT2D eigenvalue weighted by Gasteiger charge is 2.29. The maximum Gasteiger partial charge on any atom is 0.228 e. The van der Waals surface area contributed by atoms with Crippen LogP contribution in [-0.2, 0) is 9.59 Å². The quantitative estimate of drug-likeness (QED) is 0.784. The number of amides is 2. The maximum absolute atomic E-state index is 11.8. The van der Waals surface area contributed by atoms with Crippen LogP contribution in [0.15, 0.2) is 24.3 Å². The van der Waals surface area contributed by atoms with Gasteiger partial charge in [0.05, 0.1) is 0 Å². The molecule has 2 heterocycles. The highest BCUT2D eigenvalue weighted by molar-refractivity contribution is 9.09. The minimum Gasteiger partial charge on any atom is -0.312 e. The topological polar surface area (TPSA) is 40.6 Å². The summed E-state index contributed by atoms with van der Waals surface area (Å²) in [6.45, 7) is 1.51. The van der Waals surface area contributed by atoms with Crippen molar-refractivity contribution >= 4 is 39.1 Å². The van der Waals surface area contributed by atoms with Gasteiger partial charge in [-0.1, -0.05) is 15.9 Å². The first-order valence-corrected chi connectivity index (χ1v) is 7.41. The molecule has 1 aromatic carbocycles. The van der Waals surface area contributed by atoms with Crippen molar-refractivity contribution in [2.24, 2.45) is 0 Å². The first-order chi connectivity index (χ1) is 9.15. The zero-order chi connectivity index (χ0) is 13.4. The zero-order valence-corrected chi connectivity index (χ0v) is 12.1. The van der Waals surface area contributed by atoms with Crippen LogP contribution in [0.3, 0.4) is 0 Å². The number of carbonyl (C=O) groups excluding carboxylic acids is 2. The SMILES string of the molecule is O=C1CCCN1c1ccc(N2CC(Br)CC2=O)cc1. The molecule has 4 nitrogen and oxygen atoms in total. The molecule has 2 amide bonds. The highest BCUT2D eigenvalue weighted by Crippen LogP contribution is 2.28. The number of hydrogen-bond donors (Lipinski definition) is 0. The lowest BCUT2D eigenvalue weighted by Crippen LogP contribution is -2.25. The summed E-state index contributed by atoms with van der Waals surface area (Å²) in [5, 5.41) is 0. The maximum atomic E-state index is 11.8. The summed E-state index contributed by atoms with van der Waals surface area (Å²) in [4.78, 5) is 27.3. The number of rotatable bonds is 2. The van der Waals surface area contributed by atoms with Gasteiger partial charge in [0.1, 0.15) is 0 Å². The molecule has 1 atom stereocenters. The van der Waals surface area contributed by atoms with E-state index in [-0.39, 0.29) is 16.6 Å². The van der Waals surface area contributed by atoms with E-state index in [0.717, 1.165) is 24.3 Å². The summed E-state index contributed by atoms with van der Waals surface area (Å²) in [5.41, 5.74) is 1.83. The van der Waals surface area contributed by atoms with Crippen LogP contribution in [0.5, 0.6) is 0 Å². The van der Waals surface area contributed by atoms with E-state index in [0.29, 0.717) is 19.4 Å². The molecule has 2 saturated heterocycles. The molecule has 2 fully saturated rings. The second kappa shape index (κ2) is 4.96. The van der Waals surface area contributed by atoms with Crippen molar-refractivity contribution in [3.8, 4) is 0 Å². The Bertz CT molecular complexity index is 515. The molecule has 0 saturated carbocycles. The lowest BCUT2D eigenvalue weighted by Gasteiger charge is -2.19. The smallest absolute Gasteiger partial charge is 0.228 e. The molecule has 19 heavy (non-hydrogen) atoms. The number of alkyl halides is 1. The van der Waals surface area contributed by atoms with E-state index in [1.807, 2.05) is 29.2 Å². The van der Waals surface area contributed by atoms with Gasteiger partial charge in [-0.05, 0) is 30.7 Å². The van der Waals surface area contributed by atoms with E-state index in [4.69, 9.17) is 0 Å². The van der Waals surface area contributed by atoms with Crippen LogP contribution < -0.4 is 9.80 Å². The van der Waals surface area contributed by atoms with Crippen molar-refractivity contribution in [3.05, 3.63) is 24.3 Å². The molecule has 100 valence electrons. The highest BCUT2D eigenvalue weighted by atomic mass is 79.9. The molecule has 0 aliphatic carbocycles. The van der Waals surface area contributed by atoms with Crippen LogP contribution >= 0.6 is 15.9 Å². The summed E-state index contributed by atoms with van der Waals surface area (Å²) in [6.07, 6.45) is 2.11. The van der Waals surface area contributed by atoms with Gasteiger partial charge in [-0.3, -0.25) is 9.59 Å². The number of halogens is 1. The van der Waals surface area contributed by atoms with Crippen LogP contribution in [0.25, 0.3) is 0 Å². The Morgan fingerprint density at radius 3 is 2.11 bits per heavy atom. The predicted octanol–water partition coefficient (Wildman–Crippen LogP) is 2.31. The monoisotopic (exact) mass is 322 g/mol. The van der Waals surface area contributed by atoms with Gasteiger partial charge >= 0.3 is 0 Å². The van der Waals surface area contributed by atoms with Gasteiger partial charge in [-0.25, -0.2) is 0 Å². The molecule has 0 N–H and O–H groups in total. The van der Waals surface area contributed by atoms with Gasteiger partial charge in [0, 0.05) is 42.1 Å². The van der Waals surface area contributed by atoms with E-state index in [1.54, 1.807) is 4.90 Å². The number of nitrogens with zero attached hydrogens (tertiary/aromatic N) is 2. The Balaban J connectivity index is 1.79. The van der Waals surface area contributed by atoms with Gasteiger partial charge in [0.25, 0.3) is 0 Å². The molecule has 0 bridgehead atoms. The Morgan fingerprint density at radius 1 is 1.00 bits per heavy atom. The molecule has 1 aromatic rings. The Morgan fingerprint density at radius 2 is 1.63 bits per heavy atom. The Labute approximate surface area is 120 Å². The molecule has 0 radical (unpaired) electrons. The van der Waals surface area contributed by atoms with Gasteiger partial charge in [-0.2, -0.15) is 0 Å². The Hall–Kier alpha value is -1.36. The predicted molar refractivity (Wildman–Crippen MR) is 77.7 cm³/mol. The zero-order valence-electron chi connectivity index (χ0n) is 10.5. The van der Waals surface area contributed by atoms with E-state index < -0.39 is 0 Å². The van der Waals surface area contributed by atoms with Gasteiger partial charge in [0.15, 0.2) is 0 Å². The molecule has 3 rings (SSSR count). The first-order valence-electron chi connectivity index (χ1n) is 6.50. The third kappa shape index (κ3) is 2.39. The average Bonchev–Trinajstić information content (AvgIpc) is 2.96. The molecule has 2 aliphatic heterocycles. The van der Waals surface area contributed by atoms with Gasteiger partial charge in [0.2, 0.25) is 11.8 Å². The second-order valence-corrected chi connectivity index (χ2v) is 6.27. The van der Waals surface area contributed by atoms with Crippen LogP contribution in [-0.4, -0.2) is 29.7 Å². The van der Waals surface area contributed by atoms with E-state index >= 15 is 0 Å². The summed E-state index contributed by atoms with van der Waals surface area (Å²) >= 11 is 3.48. The number of carbonyl (C=O) groups is 2. The van der Waals surface area contributed by atoms with Crippen LogP contribution in [0, 0.1) is 0 Å². The normalized spacial score (nSPS) is 23.5. The molecular weight excluding hydrogens is 308 g/mol. The van der Waals surface area contributed by atoms with E-state index in [1.165, 1.54) is 0 Å². The van der Waals surface area contributed by atoms with E-state index in [2.05, 4.69) is 15.9 Å². The number of anilines is 2. The minimum atomic E-state index is 0.145.